The van der Waals surface area contributed by atoms with E-state index in [9.17, 15) is 4.79 Å². The van der Waals surface area contributed by atoms with E-state index in [1.54, 1.807) is 12.1 Å². The third kappa shape index (κ3) is 9.10. The summed E-state index contributed by atoms with van der Waals surface area (Å²) in [7, 11) is 0. The van der Waals surface area contributed by atoms with E-state index in [0.29, 0.717) is 18.8 Å². The second-order valence-corrected chi connectivity index (χ2v) is 5.56. The highest BCUT2D eigenvalue weighted by molar-refractivity contribution is 5.89. The molecule has 1 rings (SSSR count). The van der Waals surface area contributed by atoms with E-state index in [4.69, 9.17) is 9.47 Å². The molecule has 25 heavy (non-hydrogen) atoms. The lowest BCUT2D eigenvalue weighted by Crippen LogP contribution is -2.28. The molecule has 0 fully saturated rings. The zero-order valence-corrected chi connectivity index (χ0v) is 16.8. The molecule has 0 amide bonds. The lowest BCUT2D eigenvalue weighted by molar-refractivity contribution is 0.0466. The van der Waals surface area contributed by atoms with Crippen molar-refractivity contribution in [3.63, 3.8) is 0 Å². The van der Waals surface area contributed by atoms with Gasteiger partial charge in [-0.15, -0.1) is 12.4 Å². The van der Waals surface area contributed by atoms with Gasteiger partial charge < -0.3 is 19.3 Å². The van der Waals surface area contributed by atoms with Crippen LogP contribution in [-0.4, -0.2) is 68.3 Å². The van der Waals surface area contributed by atoms with Gasteiger partial charge in [-0.1, -0.05) is 27.7 Å². The molecule has 0 atom stereocenters. The van der Waals surface area contributed by atoms with Gasteiger partial charge >= 0.3 is 5.97 Å². The van der Waals surface area contributed by atoms with E-state index < -0.39 is 0 Å². The predicted molar refractivity (Wildman–Crippen MR) is 105 cm³/mol. The van der Waals surface area contributed by atoms with E-state index in [2.05, 4.69) is 37.5 Å². The molecule has 0 radical (unpaired) electrons. The van der Waals surface area contributed by atoms with Crippen LogP contribution in [0.15, 0.2) is 24.3 Å². The molecule has 0 spiro atoms. The number of halogens is 1. The van der Waals surface area contributed by atoms with E-state index >= 15 is 0 Å². The number of carbonyl (C=O) groups is 1. The molecule has 0 unspecified atom stereocenters. The highest BCUT2D eigenvalue weighted by atomic mass is 35.5. The first kappa shape index (κ1) is 23.7. The van der Waals surface area contributed by atoms with Crippen LogP contribution >= 0.6 is 12.4 Å². The first-order chi connectivity index (χ1) is 11.6. The highest BCUT2D eigenvalue weighted by Gasteiger charge is 2.08. The molecule has 1 aromatic rings. The number of hydrogen-bond acceptors (Lipinski definition) is 5. The molecule has 6 heteroatoms. The second kappa shape index (κ2) is 13.9. The molecule has 0 aliphatic rings. The standard InChI is InChI=1S/C19H32N2O3.ClH/c1-5-20(6-2)13-15-23-18-11-9-17(10-12-18)19(22)24-16-14-21(7-3)8-4;/h9-12H,5-8,13-16H2,1-4H3;1H. The molecular weight excluding hydrogens is 340 g/mol. The van der Waals surface area contributed by atoms with E-state index in [1.807, 2.05) is 12.1 Å². The normalized spacial score (nSPS) is 10.6. The maximum absolute atomic E-state index is 12.0. The Morgan fingerprint density at radius 2 is 1.32 bits per heavy atom. The summed E-state index contributed by atoms with van der Waals surface area (Å²) in [6.07, 6.45) is 0. The van der Waals surface area contributed by atoms with Gasteiger partial charge in [0.25, 0.3) is 0 Å². The van der Waals surface area contributed by atoms with Gasteiger partial charge in [0.05, 0.1) is 5.56 Å². The van der Waals surface area contributed by atoms with Crippen LogP contribution in [0.25, 0.3) is 0 Å². The van der Waals surface area contributed by atoms with Gasteiger partial charge in [-0.25, -0.2) is 4.79 Å². The SMILES string of the molecule is CCN(CC)CCOC(=O)c1ccc(OCCN(CC)CC)cc1.Cl. The molecule has 0 heterocycles. The van der Waals surface area contributed by atoms with Gasteiger partial charge in [-0.2, -0.15) is 0 Å². The van der Waals surface area contributed by atoms with Gasteiger partial charge in [-0.05, 0) is 50.4 Å². The molecule has 0 aliphatic carbocycles. The van der Waals surface area contributed by atoms with E-state index in [1.165, 1.54) is 0 Å². The van der Waals surface area contributed by atoms with Crippen LogP contribution in [0.1, 0.15) is 38.1 Å². The minimum atomic E-state index is -0.281. The summed E-state index contributed by atoms with van der Waals surface area (Å²) in [4.78, 5) is 16.5. The van der Waals surface area contributed by atoms with Crippen molar-refractivity contribution in [2.75, 3.05) is 52.5 Å². The summed E-state index contributed by atoms with van der Waals surface area (Å²) in [5, 5.41) is 0. The van der Waals surface area contributed by atoms with Gasteiger partial charge in [0.1, 0.15) is 19.0 Å². The Hall–Kier alpha value is -1.30. The summed E-state index contributed by atoms with van der Waals surface area (Å²) >= 11 is 0. The Morgan fingerprint density at radius 3 is 1.80 bits per heavy atom. The minimum Gasteiger partial charge on any atom is -0.492 e. The number of rotatable bonds is 12. The predicted octanol–water partition coefficient (Wildman–Crippen LogP) is 3.33. The van der Waals surface area contributed by atoms with Crippen LogP contribution in [0.3, 0.4) is 0 Å². The fraction of sp³-hybridized carbons (Fsp3) is 0.632. The van der Waals surface area contributed by atoms with E-state index in [-0.39, 0.29) is 18.4 Å². The summed E-state index contributed by atoms with van der Waals surface area (Å²) in [5.74, 6) is 0.499. The molecule has 0 aromatic heterocycles. The number of carbonyl (C=O) groups excluding carboxylic acids is 1. The van der Waals surface area contributed by atoms with Crippen molar-refractivity contribution in [2.45, 2.75) is 27.7 Å². The number of nitrogens with zero attached hydrogens (tertiary/aromatic N) is 2. The zero-order valence-electron chi connectivity index (χ0n) is 16.0. The fourth-order valence-electron chi connectivity index (χ4n) is 2.41. The van der Waals surface area contributed by atoms with Crippen molar-refractivity contribution in [2.24, 2.45) is 0 Å². The summed E-state index contributed by atoms with van der Waals surface area (Å²) < 4.78 is 11.0. The quantitative estimate of drug-likeness (QED) is 0.526. The molecule has 0 saturated carbocycles. The Kier molecular flexibility index (Phi) is 13.2. The summed E-state index contributed by atoms with van der Waals surface area (Å²) in [6.45, 7) is 15.2. The first-order valence-electron chi connectivity index (χ1n) is 8.99. The number of esters is 1. The molecular formula is C19H33ClN2O3. The largest absolute Gasteiger partial charge is 0.492 e. The van der Waals surface area contributed by atoms with Crippen molar-refractivity contribution < 1.29 is 14.3 Å². The van der Waals surface area contributed by atoms with Crippen LogP contribution in [0.4, 0.5) is 0 Å². The smallest absolute Gasteiger partial charge is 0.338 e. The summed E-state index contributed by atoms with van der Waals surface area (Å²) in [5.41, 5.74) is 0.561. The maximum atomic E-state index is 12.0. The third-order valence-electron chi connectivity index (χ3n) is 4.20. The van der Waals surface area contributed by atoms with Crippen molar-refractivity contribution in [3.8, 4) is 5.75 Å². The molecule has 144 valence electrons. The third-order valence-corrected chi connectivity index (χ3v) is 4.20. The monoisotopic (exact) mass is 372 g/mol. The van der Waals surface area contributed by atoms with Crippen LogP contribution in [-0.2, 0) is 4.74 Å². The Morgan fingerprint density at radius 1 is 0.840 bits per heavy atom. The lowest BCUT2D eigenvalue weighted by atomic mass is 10.2. The molecule has 0 N–H and O–H groups in total. The second-order valence-electron chi connectivity index (χ2n) is 5.56. The number of ether oxygens (including phenoxy) is 2. The van der Waals surface area contributed by atoms with Gasteiger partial charge in [0, 0.05) is 13.1 Å². The first-order valence-corrected chi connectivity index (χ1v) is 8.99. The number of hydrogen-bond donors (Lipinski definition) is 0. The van der Waals surface area contributed by atoms with Crippen molar-refractivity contribution in [1.29, 1.82) is 0 Å². The lowest BCUT2D eigenvalue weighted by Gasteiger charge is -2.18. The van der Waals surface area contributed by atoms with Gasteiger partial charge in [0.15, 0.2) is 0 Å². The zero-order chi connectivity index (χ0) is 17.8. The fourth-order valence-corrected chi connectivity index (χ4v) is 2.41. The average molecular weight is 373 g/mol. The Labute approximate surface area is 158 Å². The maximum Gasteiger partial charge on any atom is 0.338 e. The molecule has 5 nitrogen and oxygen atoms in total. The van der Waals surface area contributed by atoms with Crippen LogP contribution in [0.2, 0.25) is 0 Å². The van der Waals surface area contributed by atoms with Gasteiger partial charge in [0.2, 0.25) is 0 Å². The summed E-state index contributed by atoms with van der Waals surface area (Å²) in [6, 6.07) is 7.16. The van der Waals surface area contributed by atoms with Crippen molar-refractivity contribution in [3.05, 3.63) is 29.8 Å². The minimum absolute atomic E-state index is 0. The molecule has 0 bridgehead atoms. The number of benzene rings is 1. The number of likely N-dealkylation sites (N-methyl/N-ethyl adjacent to an activating group) is 2. The average Bonchev–Trinajstić information content (AvgIpc) is 2.63. The van der Waals surface area contributed by atoms with Crippen molar-refractivity contribution >= 4 is 18.4 Å². The van der Waals surface area contributed by atoms with Crippen LogP contribution in [0, 0.1) is 0 Å². The highest BCUT2D eigenvalue weighted by Crippen LogP contribution is 2.13. The topological polar surface area (TPSA) is 42.0 Å². The van der Waals surface area contributed by atoms with Crippen LogP contribution < -0.4 is 4.74 Å². The molecule has 0 saturated heterocycles. The Balaban J connectivity index is 0.00000576. The van der Waals surface area contributed by atoms with Gasteiger partial charge in [-0.3, -0.25) is 0 Å². The van der Waals surface area contributed by atoms with E-state index in [0.717, 1.165) is 45.0 Å². The van der Waals surface area contributed by atoms with Crippen LogP contribution in [0.5, 0.6) is 5.75 Å². The molecule has 1 aromatic carbocycles. The Bertz CT molecular complexity index is 460. The molecule has 0 aliphatic heterocycles. The van der Waals surface area contributed by atoms with Crippen molar-refractivity contribution in [1.82, 2.24) is 9.80 Å².